The monoisotopic (exact) mass is 387 g/mol. The summed E-state index contributed by atoms with van der Waals surface area (Å²) in [7, 11) is 0. The van der Waals surface area contributed by atoms with Crippen molar-refractivity contribution < 1.29 is 32.2 Å². The Balaban J connectivity index is 2.04. The van der Waals surface area contributed by atoms with Gasteiger partial charge in [0.05, 0.1) is 5.56 Å². The fourth-order valence-corrected chi connectivity index (χ4v) is 3.07. The first-order valence-electron chi connectivity index (χ1n) is 8.78. The van der Waals surface area contributed by atoms with E-state index in [-0.39, 0.29) is 6.54 Å². The van der Waals surface area contributed by atoms with Crippen LogP contribution in [0.2, 0.25) is 0 Å². The number of halogens is 3. The molecule has 1 aromatic carbocycles. The highest BCUT2D eigenvalue weighted by atomic mass is 19.4. The van der Waals surface area contributed by atoms with Gasteiger partial charge in [-0.3, -0.25) is 4.79 Å². The van der Waals surface area contributed by atoms with E-state index >= 15 is 0 Å². The van der Waals surface area contributed by atoms with Crippen molar-refractivity contribution in [2.45, 2.75) is 63.8 Å². The quantitative estimate of drug-likeness (QED) is 0.771. The molecule has 150 valence electrons. The van der Waals surface area contributed by atoms with Crippen molar-refractivity contribution in [3.63, 3.8) is 0 Å². The Morgan fingerprint density at radius 2 is 1.63 bits per heavy atom. The maximum absolute atomic E-state index is 12.8. The molecule has 1 aromatic rings. The lowest BCUT2D eigenvalue weighted by Gasteiger charge is -2.30. The van der Waals surface area contributed by atoms with Crippen LogP contribution in [0.5, 0.6) is 0 Å². The molecular weight excluding hydrogens is 363 g/mol. The van der Waals surface area contributed by atoms with Crippen molar-refractivity contribution in [3.05, 3.63) is 35.4 Å². The van der Waals surface area contributed by atoms with E-state index in [1.807, 2.05) is 0 Å². The third-order valence-electron chi connectivity index (χ3n) is 4.23. The van der Waals surface area contributed by atoms with E-state index in [2.05, 4.69) is 5.32 Å². The second kappa shape index (κ2) is 7.78. The predicted molar refractivity (Wildman–Crippen MR) is 91.9 cm³/mol. The van der Waals surface area contributed by atoms with E-state index in [4.69, 9.17) is 9.47 Å². The molecule has 0 heterocycles. The molecule has 1 fully saturated rings. The highest BCUT2D eigenvalue weighted by Gasteiger charge is 2.40. The van der Waals surface area contributed by atoms with Crippen LogP contribution in [0, 0.1) is 0 Å². The van der Waals surface area contributed by atoms with Crippen LogP contribution in [0.3, 0.4) is 0 Å². The van der Waals surface area contributed by atoms with Gasteiger partial charge in [-0.1, -0.05) is 12.1 Å². The van der Waals surface area contributed by atoms with E-state index in [1.54, 1.807) is 20.8 Å². The molecule has 1 N–H and O–H groups in total. The Morgan fingerprint density at radius 1 is 1.07 bits per heavy atom. The molecule has 0 radical (unpaired) electrons. The molecule has 5 nitrogen and oxygen atoms in total. The zero-order valence-electron chi connectivity index (χ0n) is 15.6. The highest BCUT2D eigenvalue weighted by Crippen LogP contribution is 2.43. The first-order chi connectivity index (χ1) is 12.4. The summed E-state index contributed by atoms with van der Waals surface area (Å²) in [5.74, 6) is -0.664. The SMILES string of the molecule is CC(C)(C)OC(=O)NCC(=O)OC1(c2ccc(C(F)(F)F)cc2)CCCC1. The van der Waals surface area contributed by atoms with E-state index in [1.165, 1.54) is 12.1 Å². The topological polar surface area (TPSA) is 64.6 Å². The van der Waals surface area contributed by atoms with Gasteiger partial charge >= 0.3 is 18.2 Å². The molecule has 1 aliphatic rings. The Bertz CT molecular complexity index is 672. The van der Waals surface area contributed by atoms with Gasteiger partial charge in [0.2, 0.25) is 0 Å². The molecule has 27 heavy (non-hydrogen) atoms. The van der Waals surface area contributed by atoms with Gasteiger partial charge in [-0.25, -0.2) is 4.79 Å². The number of esters is 1. The second-order valence-corrected chi connectivity index (χ2v) is 7.61. The van der Waals surface area contributed by atoms with Crippen LogP contribution in [-0.4, -0.2) is 24.2 Å². The number of ether oxygens (including phenoxy) is 2. The average molecular weight is 387 g/mol. The van der Waals surface area contributed by atoms with Gasteiger partial charge in [0.15, 0.2) is 0 Å². The van der Waals surface area contributed by atoms with Crippen molar-refractivity contribution in [3.8, 4) is 0 Å². The largest absolute Gasteiger partial charge is 0.453 e. The lowest BCUT2D eigenvalue weighted by atomic mass is 9.91. The summed E-state index contributed by atoms with van der Waals surface area (Å²) in [6, 6.07) is 4.68. The van der Waals surface area contributed by atoms with Gasteiger partial charge in [0.1, 0.15) is 17.7 Å². The van der Waals surface area contributed by atoms with Crippen molar-refractivity contribution in [1.82, 2.24) is 5.32 Å². The molecule has 1 amide bonds. The Kier molecular flexibility index (Phi) is 6.07. The van der Waals surface area contributed by atoms with Crippen LogP contribution in [0.25, 0.3) is 0 Å². The molecule has 1 aliphatic carbocycles. The summed E-state index contributed by atoms with van der Waals surface area (Å²) in [6.07, 6.45) is -2.51. The van der Waals surface area contributed by atoms with Crippen LogP contribution >= 0.6 is 0 Å². The average Bonchev–Trinajstić information content (AvgIpc) is 3.00. The van der Waals surface area contributed by atoms with Gasteiger partial charge in [-0.2, -0.15) is 13.2 Å². The number of carbonyl (C=O) groups excluding carboxylic acids is 2. The van der Waals surface area contributed by atoms with Crippen LogP contribution in [0.4, 0.5) is 18.0 Å². The van der Waals surface area contributed by atoms with Crippen molar-refractivity contribution in [1.29, 1.82) is 0 Å². The summed E-state index contributed by atoms with van der Waals surface area (Å²) < 4.78 is 48.9. The zero-order chi connectivity index (χ0) is 20.3. The molecule has 0 aliphatic heterocycles. The number of benzene rings is 1. The normalized spacial score (nSPS) is 16.7. The maximum atomic E-state index is 12.8. The Morgan fingerprint density at radius 3 is 2.11 bits per heavy atom. The molecule has 0 aromatic heterocycles. The maximum Gasteiger partial charge on any atom is 0.416 e. The van der Waals surface area contributed by atoms with Crippen molar-refractivity contribution in [2.24, 2.45) is 0 Å². The molecule has 0 spiro atoms. The van der Waals surface area contributed by atoms with Gasteiger partial charge in [-0.05, 0) is 64.2 Å². The van der Waals surface area contributed by atoms with Crippen LogP contribution < -0.4 is 5.32 Å². The predicted octanol–water partition coefficient (Wildman–Crippen LogP) is 4.54. The van der Waals surface area contributed by atoms with Crippen LogP contribution in [0.1, 0.15) is 57.6 Å². The Labute approximate surface area is 156 Å². The van der Waals surface area contributed by atoms with Gasteiger partial charge in [-0.15, -0.1) is 0 Å². The van der Waals surface area contributed by atoms with Crippen LogP contribution in [-0.2, 0) is 26.0 Å². The molecule has 8 heteroatoms. The summed E-state index contributed by atoms with van der Waals surface area (Å²) in [5.41, 5.74) is -1.88. The summed E-state index contributed by atoms with van der Waals surface area (Å²) in [6.45, 7) is 4.71. The molecule has 2 rings (SSSR count). The molecule has 0 bridgehead atoms. The lowest BCUT2D eigenvalue weighted by Crippen LogP contribution is -2.38. The molecule has 0 saturated heterocycles. The molecule has 0 atom stereocenters. The van der Waals surface area contributed by atoms with Crippen molar-refractivity contribution >= 4 is 12.1 Å². The first kappa shape index (κ1) is 21.1. The minimum Gasteiger partial charge on any atom is -0.453 e. The van der Waals surface area contributed by atoms with E-state index < -0.39 is 35.0 Å². The third-order valence-corrected chi connectivity index (χ3v) is 4.23. The smallest absolute Gasteiger partial charge is 0.416 e. The van der Waals surface area contributed by atoms with Crippen molar-refractivity contribution in [2.75, 3.05) is 6.54 Å². The standard InChI is InChI=1S/C19H24F3NO4/c1-17(2,3)27-16(25)23-12-15(24)26-18(10-4-5-11-18)13-6-8-14(9-7-13)19(20,21)22/h6-9H,4-5,10-12H2,1-3H3,(H,23,25). The van der Waals surface area contributed by atoms with E-state index in [0.717, 1.165) is 25.0 Å². The molecule has 0 unspecified atom stereocenters. The van der Waals surface area contributed by atoms with Crippen LogP contribution in [0.15, 0.2) is 24.3 Å². The lowest BCUT2D eigenvalue weighted by molar-refractivity contribution is -0.159. The highest BCUT2D eigenvalue weighted by molar-refractivity contribution is 5.78. The summed E-state index contributed by atoms with van der Waals surface area (Å²) >= 11 is 0. The minimum atomic E-state index is -4.42. The fraction of sp³-hybridized carbons (Fsp3) is 0.579. The number of carbonyl (C=O) groups is 2. The first-order valence-corrected chi connectivity index (χ1v) is 8.78. The zero-order valence-corrected chi connectivity index (χ0v) is 15.6. The fourth-order valence-electron chi connectivity index (χ4n) is 3.07. The number of rotatable bonds is 4. The van der Waals surface area contributed by atoms with Gasteiger partial charge < -0.3 is 14.8 Å². The van der Waals surface area contributed by atoms with Gasteiger partial charge in [0, 0.05) is 0 Å². The Hall–Kier alpha value is -2.25. The minimum absolute atomic E-state index is 0.378. The number of hydrogen-bond donors (Lipinski definition) is 1. The van der Waals surface area contributed by atoms with Gasteiger partial charge in [0.25, 0.3) is 0 Å². The number of amides is 1. The number of nitrogens with one attached hydrogen (secondary N) is 1. The second-order valence-electron chi connectivity index (χ2n) is 7.61. The number of hydrogen-bond acceptors (Lipinski definition) is 4. The summed E-state index contributed by atoms with van der Waals surface area (Å²) in [4.78, 5) is 23.8. The molecule has 1 saturated carbocycles. The third kappa shape index (κ3) is 5.87. The number of alkyl carbamates (subject to hydrolysis) is 1. The van der Waals surface area contributed by atoms with E-state index in [0.29, 0.717) is 18.4 Å². The summed E-state index contributed by atoms with van der Waals surface area (Å²) in [5, 5.41) is 2.33. The van der Waals surface area contributed by atoms with E-state index in [9.17, 15) is 22.8 Å². The molecular formula is C19H24F3NO4. The number of alkyl halides is 3.